The number of benzene rings is 4. The standard InChI is InChI=1S/C18H18N2O4S.C18H18N2O2S/c1-18(2,3)25(23,24)13-10-8-12(9-11-13)20-17(22)15-7-5-4-6-14(15)16(21)19-20;1-18(2,3)23-13-10-8-12(9-11-13)20-17(22)15-7-5-4-6-14(15)16(21)19-20/h4-11H,1-3H3,(H,19,21);4-11H,1-3H3,(H,19,21). The van der Waals surface area contributed by atoms with Crippen LogP contribution in [0.1, 0.15) is 41.5 Å². The van der Waals surface area contributed by atoms with Gasteiger partial charge in [-0.2, -0.15) is 0 Å². The van der Waals surface area contributed by atoms with Crippen LogP contribution < -0.4 is 22.2 Å². The molecule has 2 aromatic heterocycles. The Morgan fingerprint density at radius 1 is 0.542 bits per heavy atom. The molecule has 0 fully saturated rings. The molecule has 0 unspecified atom stereocenters. The molecule has 6 rings (SSSR count). The van der Waals surface area contributed by atoms with E-state index in [0.29, 0.717) is 32.9 Å². The summed E-state index contributed by atoms with van der Waals surface area (Å²) in [6.45, 7) is 11.3. The van der Waals surface area contributed by atoms with Gasteiger partial charge in [0.1, 0.15) is 0 Å². The lowest BCUT2D eigenvalue weighted by molar-refractivity contribution is 0.560. The lowest BCUT2D eigenvalue weighted by Crippen LogP contribution is -2.29. The zero-order chi connectivity index (χ0) is 35.0. The maximum absolute atomic E-state index is 12.6. The maximum atomic E-state index is 12.6. The van der Waals surface area contributed by atoms with E-state index >= 15 is 0 Å². The van der Waals surface area contributed by atoms with Crippen molar-refractivity contribution in [1.82, 2.24) is 19.6 Å². The summed E-state index contributed by atoms with van der Waals surface area (Å²) in [7, 11) is -3.49. The zero-order valence-corrected chi connectivity index (χ0v) is 29.0. The molecule has 6 aromatic rings. The number of sulfone groups is 1. The smallest absolute Gasteiger partial charge is 0.267 e. The van der Waals surface area contributed by atoms with E-state index < -0.39 is 14.6 Å². The molecule has 0 bridgehead atoms. The van der Waals surface area contributed by atoms with Crippen molar-refractivity contribution in [2.24, 2.45) is 0 Å². The fourth-order valence-electron chi connectivity index (χ4n) is 4.91. The molecule has 0 aliphatic heterocycles. The molecule has 0 aliphatic rings. The number of nitrogens with one attached hydrogen (secondary N) is 2. The summed E-state index contributed by atoms with van der Waals surface area (Å²) in [6, 6.07) is 26.9. The summed E-state index contributed by atoms with van der Waals surface area (Å²) in [5.41, 5.74) is -0.218. The van der Waals surface area contributed by atoms with E-state index in [-0.39, 0.29) is 31.9 Å². The Balaban J connectivity index is 0.000000188. The van der Waals surface area contributed by atoms with E-state index in [1.807, 2.05) is 24.3 Å². The van der Waals surface area contributed by atoms with Crippen LogP contribution in [0.2, 0.25) is 0 Å². The van der Waals surface area contributed by atoms with Gasteiger partial charge in [-0.3, -0.25) is 29.4 Å². The molecule has 0 saturated carbocycles. The summed E-state index contributed by atoms with van der Waals surface area (Å²) >= 11 is 1.76. The van der Waals surface area contributed by atoms with Crippen LogP contribution in [0.3, 0.4) is 0 Å². The molecule has 0 amide bonds. The van der Waals surface area contributed by atoms with Crippen LogP contribution in [0.5, 0.6) is 0 Å². The average Bonchev–Trinajstić information content (AvgIpc) is 3.04. The SMILES string of the molecule is CC(C)(C)S(=O)(=O)c1ccc(-n2[nH]c(=O)c3ccccc3c2=O)cc1.CC(C)(C)Sc1ccc(-n2[nH]c(=O)c3ccccc3c2=O)cc1. The highest BCUT2D eigenvalue weighted by Crippen LogP contribution is 2.32. The molecule has 4 aromatic carbocycles. The maximum Gasteiger partial charge on any atom is 0.277 e. The van der Waals surface area contributed by atoms with Crippen LogP contribution in [0.4, 0.5) is 0 Å². The third-order valence-corrected chi connectivity index (χ3v) is 11.0. The number of thioether (sulfide) groups is 1. The molecule has 0 atom stereocenters. The van der Waals surface area contributed by atoms with Crippen molar-refractivity contribution in [2.75, 3.05) is 0 Å². The molecule has 0 saturated heterocycles. The fourth-order valence-corrected chi connectivity index (χ4v) is 7.09. The van der Waals surface area contributed by atoms with Crippen LogP contribution in [0, 0.1) is 0 Å². The predicted molar refractivity (Wildman–Crippen MR) is 193 cm³/mol. The molecule has 12 heteroatoms. The number of hydrogen-bond acceptors (Lipinski definition) is 7. The predicted octanol–water partition coefficient (Wildman–Crippen LogP) is 5.82. The minimum Gasteiger partial charge on any atom is -0.267 e. The first kappa shape index (κ1) is 34.4. The van der Waals surface area contributed by atoms with Crippen molar-refractivity contribution in [3.05, 3.63) is 138 Å². The third-order valence-electron chi connectivity index (χ3n) is 7.37. The number of aromatic amines is 2. The second kappa shape index (κ2) is 12.9. The Kier molecular flexibility index (Phi) is 9.26. The molecular formula is C36H36N4O6S2. The number of fused-ring (bicyclic) bond motifs is 2. The molecule has 248 valence electrons. The largest absolute Gasteiger partial charge is 0.277 e. The van der Waals surface area contributed by atoms with Crippen molar-refractivity contribution >= 4 is 43.1 Å². The van der Waals surface area contributed by atoms with E-state index in [2.05, 4.69) is 31.0 Å². The van der Waals surface area contributed by atoms with Gasteiger partial charge in [0, 0.05) is 9.64 Å². The molecule has 2 N–H and O–H groups in total. The van der Waals surface area contributed by atoms with E-state index in [4.69, 9.17) is 0 Å². The minimum absolute atomic E-state index is 0.121. The Morgan fingerprint density at radius 2 is 0.917 bits per heavy atom. The van der Waals surface area contributed by atoms with Crippen LogP contribution in [-0.4, -0.2) is 37.5 Å². The van der Waals surface area contributed by atoms with Gasteiger partial charge in [-0.25, -0.2) is 17.8 Å². The van der Waals surface area contributed by atoms with E-state index in [9.17, 15) is 27.6 Å². The highest BCUT2D eigenvalue weighted by atomic mass is 32.2. The van der Waals surface area contributed by atoms with Crippen LogP contribution in [0.25, 0.3) is 32.9 Å². The normalized spacial score (nSPS) is 12.1. The van der Waals surface area contributed by atoms with Gasteiger partial charge in [0.05, 0.1) is 42.6 Å². The first-order valence-corrected chi connectivity index (χ1v) is 17.4. The summed E-state index contributed by atoms with van der Waals surface area (Å²) in [4.78, 5) is 50.8. The van der Waals surface area contributed by atoms with E-state index in [1.165, 1.54) is 28.9 Å². The number of hydrogen-bond donors (Lipinski definition) is 2. The van der Waals surface area contributed by atoms with Crippen molar-refractivity contribution in [3.8, 4) is 11.4 Å². The van der Waals surface area contributed by atoms with Crippen molar-refractivity contribution in [1.29, 1.82) is 0 Å². The van der Waals surface area contributed by atoms with Gasteiger partial charge >= 0.3 is 0 Å². The van der Waals surface area contributed by atoms with Gasteiger partial charge < -0.3 is 0 Å². The number of nitrogens with zero attached hydrogens (tertiary/aromatic N) is 2. The van der Waals surface area contributed by atoms with Gasteiger partial charge in [-0.1, -0.05) is 45.0 Å². The van der Waals surface area contributed by atoms with Crippen molar-refractivity contribution in [3.63, 3.8) is 0 Å². The monoisotopic (exact) mass is 684 g/mol. The lowest BCUT2D eigenvalue weighted by Gasteiger charge is -2.19. The average molecular weight is 685 g/mol. The lowest BCUT2D eigenvalue weighted by atomic mass is 10.2. The van der Waals surface area contributed by atoms with E-state index in [0.717, 1.165) is 9.58 Å². The fraction of sp³-hybridized carbons (Fsp3) is 0.222. The van der Waals surface area contributed by atoms with E-state index in [1.54, 1.807) is 81.1 Å². The summed E-state index contributed by atoms with van der Waals surface area (Å²) in [5, 5.41) is 6.62. The Labute approximate surface area is 281 Å². The molecule has 0 aliphatic carbocycles. The second-order valence-corrected chi connectivity index (χ2v) is 17.7. The molecule has 0 radical (unpaired) electrons. The summed E-state index contributed by atoms with van der Waals surface area (Å²) < 4.78 is 26.6. The van der Waals surface area contributed by atoms with Crippen LogP contribution in [0.15, 0.2) is 126 Å². The van der Waals surface area contributed by atoms with Crippen LogP contribution >= 0.6 is 11.8 Å². The number of rotatable bonds is 4. The Hall–Kier alpha value is -4.94. The first-order chi connectivity index (χ1) is 22.5. The van der Waals surface area contributed by atoms with Crippen molar-refractivity contribution in [2.45, 2.75) is 60.8 Å². The summed E-state index contributed by atoms with van der Waals surface area (Å²) in [5.74, 6) is 0. The molecular weight excluding hydrogens is 649 g/mol. The Morgan fingerprint density at radius 3 is 1.29 bits per heavy atom. The van der Waals surface area contributed by atoms with Gasteiger partial charge in [0.15, 0.2) is 9.84 Å². The quantitative estimate of drug-likeness (QED) is 0.223. The third kappa shape index (κ3) is 6.99. The Bertz CT molecular complexity index is 2480. The second-order valence-electron chi connectivity index (χ2n) is 13.1. The molecule has 2 heterocycles. The number of H-pyrrole nitrogens is 2. The van der Waals surface area contributed by atoms with Crippen molar-refractivity contribution < 1.29 is 8.42 Å². The number of aromatic nitrogens is 4. The minimum atomic E-state index is -3.49. The summed E-state index contributed by atoms with van der Waals surface area (Å²) in [6.07, 6.45) is 0. The highest BCUT2D eigenvalue weighted by molar-refractivity contribution is 8.00. The first-order valence-electron chi connectivity index (χ1n) is 15.1. The molecule has 0 spiro atoms. The van der Waals surface area contributed by atoms with Gasteiger partial charge in [0.25, 0.3) is 22.2 Å². The molecule has 48 heavy (non-hydrogen) atoms. The van der Waals surface area contributed by atoms with Gasteiger partial charge in [-0.15, -0.1) is 11.8 Å². The van der Waals surface area contributed by atoms with Gasteiger partial charge in [0.2, 0.25) is 0 Å². The topological polar surface area (TPSA) is 144 Å². The van der Waals surface area contributed by atoms with Gasteiger partial charge in [-0.05, 0) is 93.6 Å². The van der Waals surface area contributed by atoms with Crippen LogP contribution in [-0.2, 0) is 9.84 Å². The molecule has 10 nitrogen and oxygen atoms in total. The zero-order valence-electron chi connectivity index (χ0n) is 27.4. The highest BCUT2D eigenvalue weighted by Gasteiger charge is 2.30.